The van der Waals surface area contributed by atoms with E-state index < -0.39 is 0 Å². The predicted octanol–water partition coefficient (Wildman–Crippen LogP) is 4.09. The molecule has 0 heteroatoms. The molecule has 1 aliphatic rings. The Morgan fingerprint density at radius 1 is 1.29 bits per heavy atom. The van der Waals surface area contributed by atoms with Crippen molar-refractivity contribution in [2.45, 2.75) is 45.4 Å². The maximum atomic E-state index is 3.43. The van der Waals surface area contributed by atoms with Crippen molar-refractivity contribution in [3.63, 3.8) is 0 Å². The third-order valence-corrected chi connectivity index (χ3v) is 3.37. The van der Waals surface area contributed by atoms with Gasteiger partial charge in [-0.3, -0.25) is 0 Å². The van der Waals surface area contributed by atoms with Crippen LogP contribution in [0, 0.1) is 18.9 Å². The molecular weight excluding hydrogens is 168 g/mol. The van der Waals surface area contributed by atoms with E-state index in [9.17, 15) is 0 Å². The number of hydrogen-bond donors (Lipinski definition) is 0. The predicted molar refractivity (Wildman–Crippen MR) is 60.4 cm³/mol. The Labute approximate surface area is 87.3 Å². The molecule has 1 radical (unpaired) electrons. The van der Waals surface area contributed by atoms with Crippen LogP contribution < -0.4 is 0 Å². The van der Waals surface area contributed by atoms with Crippen molar-refractivity contribution in [1.82, 2.24) is 0 Å². The number of aryl methyl sites for hydroxylation is 1. The fourth-order valence-electron chi connectivity index (χ4n) is 2.49. The lowest BCUT2D eigenvalue weighted by atomic mass is 9.79. The molecular formula is C14H19. The lowest BCUT2D eigenvalue weighted by Gasteiger charge is -2.26. The van der Waals surface area contributed by atoms with Gasteiger partial charge in [-0.2, -0.15) is 0 Å². The topological polar surface area (TPSA) is 0 Å². The summed E-state index contributed by atoms with van der Waals surface area (Å²) in [5, 5.41) is 0. The summed E-state index contributed by atoms with van der Waals surface area (Å²) in [4.78, 5) is 0. The maximum absolute atomic E-state index is 3.43. The van der Waals surface area contributed by atoms with Crippen molar-refractivity contribution in [3.05, 3.63) is 35.4 Å². The van der Waals surface area contributed by atoms with Gasteiger partial charge < -0.3 is 0 Å². The zero-order valence-electron chi connectivity index (χ0n) is 9.22. The first-order valence-corrected chi connectivity index (χ1v) is 5.74. The molecule has 1 saturated carbocycles. The van der Waals surface area contributed by atoms with Gasteiger partial charge in [-0.05, 0) is 43.2 Å². The molecule has 0 aliphatic heterocycles. The second kappa shape index (κ2) is 4.16. The summed E-state index contributed by atoms with van der Waals surface area (Å²) >= 11 is 0. The standard InChI is InChI=1S/C14H19/c1-11-6-8-13(9-7-11)14-5-3-4-12(2)10-14/h6-8,12,14H,3-5,10H2,1-2H3. The van der Waals surface area contributed by atoms with Gasteiger partial charge in [-0.1, -0.05) is 43.5 Å². The monoisotopic (exact) mass is 187 g/mol. The molecule has 0 heterocycles. The van der Waals surface area contributed by atoms with Gasteiger partial charge >= 0.3 is 0 Å². The third-order valence-electron chi connectivity index (χ3n) is 3.37. The first kappa shape index (κ1) is 9.76. The number of benzene rings is 1. The molecule has 0 aromatic heterocycles. The van der Waals surface area contributed by atoms with E-state index in [1.807, 2.05) is 0 Å². The van der Waals surface area contributed by atoms with E-state index in [0.717, 1.165) is 11.8 Å². The molecule has 1 aromatic carbocycles. The molecule has 14 heavy (non-hydrogen) atoms. The minimum atomic E-state index is 0.777. The van der Waals surface area contributed by atoms with Crippen LogP contribution in [0.2, 0.25) is 0 Å². The van der Waals surface area contributed by atoms with Crippen LogP contribution in [-0.2, 0) is 0 Å². The fraction of sp³-hybridized carbons (Fsp3) is 0.571. The highest BCUT2D eigenvalue weighted by molar-refractivity contribution is 5.23. The zero-order valence-corrected chi connectivity index (χ0v) is 9.22. The molecule has 1 aromatic rings. The van der Waals surface area contributed by atoms with Gasteiger partial charge in [0.2, 0.25) is 0 Å². The van der Waals surface area contributed by atoms with Crippen molar-refractivity contribution < 1.29 is 0 Å². The maximum Gasteiger partial charge on any atom is -0.0143 e. The van der Waals surface area contributed by atoms with Gasteiger partial charge in [0, 0.05) is 0 Å². The molecule has 0 spiro atoms. The summed E-state index contributed by atoms with van der Waals surface area (Å²) in [6.07, 6.45) is 5.54. The average molecular weight is 187 g/mol. The average Bonchev–Trinajstić information content (AvgIpc) is 2.19. The van der Waals surface area contributed by atoms with Crippen LogP contribution in [0.1, 0.15) is 49.7 Å². The first-order valence-electron chi connectivity index (χ1n) is 5.74. The van der Waals surface area contributed by atoms with Crippen molar-refractivity contribution in [2.75, 3.05) is 0 Å². The van der Waals surface area contributed by atoms with Gasteiger partial charge in [-0.25, -0.2) is 0 Å². The van der Waals surface area contributed by atoms with Crippen LogP contribution >= 0.6 is 0 Å². The zero-order chi connectivity index (χ0) is 9.97. The molecule has 0 amide bonds. The Morgan fingerprint density at radius 2 is 2.14 bits per heavy atom. The number of rotatable bonds is 1. The van der Waals surface area contributed by atoms with E-state index in [2.05, 4.69) is 38.1 Å². The van der Waals surface area contributed by atoms with Crippen molar-refractivity contribution in [2.24, 2.45) is 5.92 Å². The van der Waals surface area contributed by atoms with Crippen LogP contribution in [0.25, 0.3) is 0 Å². The van der Waals surface area contributed by atoms with E-state index >= 15 is 0 Å². The Bertz CT molecular complexity index is 283. The summed E-state index contributed by atoms with van der Waals surface area (Å²) in [7, 11) is 0. The summed E-state index contributed by atoms with van der Waals surface area (Å²) in [6.45, 7) is 4.50. The molecule has 2 atom stereocenters. The first-order chi connectivity index (χ1) is 6.75. The Morgan fingerprint density at radius 3 is 2.79 bits per heavy atom. The van der Waals surface area contributed by atoms with E-state index in [1.54, 1.807) is 0 Å². The SMILES string of the molecule is Cc1c[c]c(C2CCCC(C)C2)cc1. The summed E-state index contributed by atoms with van der Waals surface area (Å²) in [6, 6.07) is 10.0. The Balaban J connectivity index is 2.10. The second-order valence-corrected chi connectivity index (χ2v) is 4.79. The van der Waals surface area contributed by atoms with Crippen LogP contribution in [0.15, 0.2) is 18.2 Å². The Hall–Kier alpha value is -0.780. The van der Waals surface area contributed by atoms with Gasteiger partial charge in [0.05, 0.1) is 0 Å². The normalized spacial score (nSPS) is 27.6. The highest BCUT2D eigenvalue weighted by Gasteiger charge is 2.19. The Kier molecular flexibility index (Phi) is 2.90. The highest BCUT2D eigenvalue weighted by Crippen LogP contribution is 2.35. The number of hydrogen-bond acceptors (Lipinski definition) is 0. The lowest BCUT2D eigenvalue weighted by Crippen LogP contribution is -2.11. The molecule has 2 unspecified atom stereocenters. The minimum Gasteiger partial charge on any atom is -0.0625 e. The van der Waals surface area contributed by atoms with Gasteiger partial charge in [0.25, 0.3) is 0 Å². The van der Waals surface area contributed by atoms with E-state index in [-0.39, 0.29) is 0 Å². The minimum absolute atomic E-state index is 0.777. The summed E-state index contributed by atoms with van der Waals surface area (Å²) in [5.41, 5.74) is 2.75. The molecule has 0 nitrogen and oxygen atoms in total. The van der Waals surface area contributed by atoms with Crippen LogP contribution in [-0.4, -0.2) is 0 Å². The van der Waals surface area contributed by atoms with Crippen LogP contribution in [0.4, 0.5) is 0 Å². The molecule has 0 bridgehead atoms. The molecule has 2 rings (SSSR count). The van der Waals surface area contributed by atoms with Gasteiger partial charge in [0.1, 0.15) is 0 Å². The molecule has 0 N–H and O–H groups in total. The van der Waals surface area contributed by atoms with Crippen LogP contribution in [0.5, 0.6) is 0 Å². The quantitative estimate of drug-likeness (QED) is 0.621. The van der Waals surface area contributed by atoms with Crippen molar-refractivity contribution in [3.8, 4) is 0 Å². The highest BCUT2D eigenvalue weighted by atomic mass is 14.2. The van der Waals surface area contributed by atoms with Crippen molar-refractivity contribution in [1.29, 1.82) is 0 Å². The van der Waals surface area contributed by atoms with Crippen LogP contribution in [0.3, 0.4) is 0 Å². The molecule has 1 fully saturated rings. The lowest BCUT2D eigenvalue weighted by molar-refractivity contribution is 0.344. The molecule has 1 aliphatic carbocycles. The van der Waals surface area contributed by atoms with E-state index in [1.165, 1.54) is 36.8 Å². The van der Waals surface area contributed by atoms with Gasteiger partial charge in [-0.15, -0.1) is 0 Å². The van der Waals surface area contributed by atoms with Crippen molar-refractivity contribution >= 4 is 0 Å². The van der Waals surface area contributed by atoms with E-state index in [0.29, 0.717) is 0 Å². The smallest absolute Gasteiger partial charge is 0.0143 e. The second-order valence-electron chi connectivity index (χ2n) is 4.79. The fourth-order valence-corrected chi connectivity index (χ4v) is 2.49. The largest absolute Gasteiger partial charge is 0.0625 e. The summed E-state index contributed by atoms with van der Waals surface area (Å²) in [5.74, 6) is 1.68. The molecule has 0 saturated heterocycles. The molecule has 75 valence electrons. The van der Waals surface area contributed by atoms with E-state index in [4.69, 9.17) is 0 Å². The third kappa shape index (κ3) is 2.17. The van der Waals surface area contributed by atoms with Gasteiger partial charge in [0.15, 0.2) is 0 Å². The summed E-state index contributed by atoms with van der Waals surface area (Å²) < 4.78 is 0.